The predicted octanol–water partition coefficient (Wildman–Crippen LogP) is -1.89. The molecule has 0 bridgehead atoms. The van der Waals surface area contributed by atoms with Gasteiger partial charge < -0.3 is 10.4 Å². The van der Waals surface area contributed by atoms with Crippen molar-refractivity contribution >= 4 is 5.97 Å². The molecule has 1 rings (SSSR count). The number of hydrogen-bond acceptors (Lipinski definition) is 4. The van der Waals surface area contributed by atoms with Crippen molar-refractivity contribution in [3.05, 3.63) is 0 Å². The molecule has 5 heteroatoms. The zero-order valence-corrected chi connectivity index (χ0v) is 5.00. The van der Waals surface area contributed by atoms with Crippen molar-refractivity contribution in [2.24, 2.45) is 17.6 Å². The molecule has 0 aromatic heterocycles. The first-order valence-corrected chi connectivity index (χ1v) is 2.57. The molecule has 1 aliphatic heterocycles. The lowest BCUT2D eigenvalue weighted by Gasteiger charge is -2.21. The van der Waals surface area contributed by atoms with Gasteiger partial charge in [0.1, 0.15) is 0 Å². The number of aliphatic carboxylic acids is 1. The van der Waals surface area contributed by atoms with E-state index in [0.717, 1.165) is 0 Å². The Balaban J connectivity index is 0.000000291. The second kappa shape index (κ2) is 4.25. The molecule has 0 aliphatic carbocycles. The lowest BCUT2D eigenvalue weighted by molar-refractivity contribution is -0.143. The third kappa shape index (κ3) is 2.41. The zero-order valence-electron chi connectivity index (χ0n) is 5.00. The van der Waals surface area contributed by atoms with Crippen molar-refractivity contribution in [1.29, 1.82) is 0 Å². The van der Waals surface area contributed by atoms with Crippen LogP contribution in [-0.4, -0.2) is 24.2 Å². The summed E-state index contributed by atoms with van der Waals surface area (Å²) in [4.78, 5) is 9.94. The van der Waals surface area contributed by atoms with Gasteiger partial charge in [0.05, 0.1) is 5.92 Å². The average molecular weight is 133 g/mol. The van der Waals surface area contributed by atoms with Crippen LogP contribution in [0.1, 0.15) is 0 Å². The zero-order chi connectivity index (χ0) is 7.28. The maximum Gasteiger partial charge on any atom is 0.309 e. The smallest absolute Gasteiger partial charge is 0.309 e. The van der Waals surface area contributed by atoms with Crippen LogP contribution in [0, 0.1) is 5.92 Å². The molecule has 0 atom stereocenters. The fourth-order valence-corrected chi connectivity index (χ4v) is 0.463. The Morgan fingerprint density at radius 2 is 2.00 bits per heavy atom. The molecule has 0 unspecified atom stereocenters. The lowest BCUT2D eigenvalue weighted by atomic mass is 10.1. The van der Waals surface area contributed by atoms with Gasteiger partial charge in [-0.15, -0.1) is 0 Å². The van der Waals surface area contributed by atoms with Crippen molar-refractivity contribution in [3.63, 3.8) is 0 Å². The van der Waals surface area contributed by atoms with E-state index in [0.29, 0.717) is 13.1 Å². The maximum absolute atomic E-state index is 9.94. The Bertz CT molecular complexity index is 91.8. The highest BCUT2D eigenvalue weighted by atomic mass is 16.4. The van der Waals surface area contributed by atoms with Crippen LogP contribution in [0.3, 0.4) is 0 Å². The predicted molar refractivity (Wildman–Crippen MR) is 32.4 cm³/mol. The summed E-state index contributed by atoms with van der Waals surface area (Å²) in [7, 11) is 0. The molecule has 1 heterocycles. The van der Waals surface area contributed by atoms with Gasteiger partial charge in [-0.25, -0.2) is 0 Å². The largest absolute Gasteiger partial charge is 0.481 e. The SMILES string of the molecule is NN.O=C(O)C1CNC1. The highest BCUT2D eigenvalue weighted by Crippen LogP contribution is 2.00. The fraction of sp³-hybridized carbons (Fsp3) is 0.750. The van der Waals surface area contributed by atoms with Gasteiger partial charge in [-0.3, -0.25) is 16.5 Å². The first kappa shape index (κ1) is 8.35. The molecule has 1 aliphatic rings. The third-order valence-electron chi connectivity index (χ3n) is 1.13. The highest BCUT2D eigenvalue weighted by Gasteiger charge is 2.23. The molecule has 1 saturated heterocycles. The molecule has 0 spiro atoms. The van der Waals surface area contributed by atoms with Gasteiger partial charge in [-0.1, -0.05) is 0 Å². The van der Waals surface area contributed by atoms with Gasteiger partial charge in [0.15, 0.2) is 0 Å². The Hall–Kier alpha value is -0.650. The first-order valence-electron chi connectivity index (χ1n) is 2.57. The number of carbonyl (C=O) groups is 1. The summed E-state index contributed by atoms with van der Waals surface area (Å²) in [6.07, 6.45) is 0. The molecular weight excluding hydrogens is 122 g/mol. The average Bonchev–Trinajstić information content (AvgIpc) is 1.65. The monoisotopic (exact) mass is 133 g/mol. The lowest BCUT2D eigenvalue weighted by Crippen LogP contribution is -2.46. The molecule has 54 valence electrons. The molecule has 1 fully saturated rings. The summed E-state index contributed by atoms with van der Waals surface area (Å²) >= 11 is 0. The van der Waals surface area contributed by atoms with Gasteiger partial charge >= 0.3 is 5.97 Å². The summed E-state index contributed by atoms with van der Waals surface area (Å²) in [6, 6.07) is 0. The summed E-state index contributed by atoms with van der Waals surface area (Å²) < 4.78 is 0. The maximum atomic E-state index is 9.94. The molecular formula is C4H11N3O2. The minimum absolute atomic E-state index is 0.111. The van der Waals surface area contributed by atoms with Crippen LogP contribution >= 0.6 is 0 Å². The summed E-state index contributed by atoms with van der Waals surface area (Å²) in [5.74, 6) is 7.21. The minimum atomic E-state index is -0.682. The van der Waals surface area contributed by atoms with E-state index >= 15 is 0 Å². The second-order valence-corrected chi connectivity index (χ2v) is 1.69. The molecule has 0 radical (unpaired) electrons. The Morgan fingerprint density at radius 3 is 2.00 bits per heavy atom. The molecule has 0 saturated carbocycles. The van der Waals surface area contributed by atoms with Crippen molar-refractivity contribution < 1.29 is 9.90 Å². The topological polar surface area (TPSA) is 101 Å². The van der Waals surface area contributed by atoms with E-state index in [1.165, 1.54) is 0 Å². The van der Waals surface area contributed by atoms with Crippen LogP contribution in [0.2, 0.25) is 0 Å². The molecule has 0 aromatic rings. The number of carboxylic acids is 1. The van der Waals surface area contributed by atoms with E-state index in [-0.39, 0.29) is 5.92 Å². The minimum Gasteiger partial charge on any atom is -0.481 e. The van der Waals surface area contributed by atoms with E-state index in [9.17, 15) is 4.79 Å². The number of nitrogens with two attached hydrogens (primary N) is 2. The molecule has 0 amide bonds. The summed E-state index contributed by atoms with van der Waals surface area (Å²) in [5.41, 5.74) is 0. The molecule has 5 nitrogen and oxygen atoms in total. The van der Waals surface area contributed by atoms with E-state index in [1.807, 2.05) is 0 Å². The van der Waals surface area contributed by atoms with Gasteiger partial charge in [0.2, 0.25) is 0 Å². The Kier molecular flexibility index (Phi) is 3.94. The number of hydrogen-bond donors (Lipinski definition) is 4. The van der Waals surface area contributed by atoms with E-state index < -0.39 is 5.97 Å². The van der Waals surface area contributed by atoms with E-state index in [4.69, 9.17) is 5.11 Å². The van der Waals surface area contributed by atoms with Crippen molar-refractivity contribution in [1.82, 2.24) is 5.32 Å². The fourth-order valence-electron chi connectivity index (χ4n) is 0.463. The van der Waals surface area contributed by atoms with E-state index in [2.05, 4.69) is 17.0 Å². The quantitative estimate of drug-likeness (QED) is 0.247. The van der Waals surface area contributed by atoms with Crippen LogP contribution in [0.15, 0.2) is 0 Å². The van der Waals surface area contributed by atoms with Crippen LogP contribution < -0.4 is 17.0 Å². The van der Waals surface area contributed by atoms with Gasteiger partial charge in [-0.05, 0) is 0 Å². The molecule has 0 aromatic carbocycles. The van der Waals surface area contributed by atoms with Gasteiger partial charge in [-0.2, -0.15) is 0 Å². The van der Waals surface area contributed by atoms with Crippen molar-refractivity contribution in [2.75, 3.05) is 13.1 Å². The van der Waals surface area contributed by atoms with Crippen LogP contribution in [0.5, 0.6) is 0 Å². The van der Waals surface area contributed by atoms with Crippen molar-refractivity contribution in [3.8, 4) is 0 Å². The standard InChI is InChI=1S/C4H7NO2.H4N2/c6-4(7)3-1-5-2-3;1-2/h3,5H,1-2H2,(H,6,7);1-2H2. The second-order valence-electron chi connectivity index (χ2n) is 1.69. The van der Waals surface area contributed by atoms with Crippen LogP contribution in [0.4, 0.5) is 0 Å². The van der Waals surface area contributed by atoms with Crippen LogP contribution in [-0.2, 0) is 4.79 Å². The third-order valence-corrected chi connectivity index (χ3v) is 1.13. The van der Waals surface area contributed by atoms with Crippen LogP contribution in [0.25, 0.3) is 0 Å². The Labute approximate surface area is 53.0 Å². The summed E-state index contributed by atoms with van der Waals surface area (Å²) in [5, 5.41) is 11.1. The highest BCUT2D eigenvalue weighted by molar-refractivity contribution is 5.71. The number of rotatable bonds is 1. The molecule has 6 N–H and O–H groups in total. The number of nitrogens with one attached hydrogen (secondary N) is 1. The van der Waals surface area contributed by atoms with Crippen molar-refractivity contribution in [2.45, 2.75) is 0 Å². The summed E-state index contributed by atoms with van der Waals surface area (Å²) in [6.45, 7) is 1.30. The number of hydrazine groups is 1. The first-order chi connectivity index (χ1) is 4.30. The number of carboxylic acid groups (broad SMARTS) is 1. The molecule has 9 heavy (non-hydrogen) atoms. The normalized spacial score (nSPS) is 17.1. The van der Waals surface area contributed by atoms with E-state index in [1.54, 1.807) is 0 Å². The van der Waals surface area contributed by atoms with Gasteiger partial charge in [0.25, 0.3) is 0 Å². The Morgan fingerprint density at radius 1 is 1.56 bits per heavy atom. The van der Waals surface area contributed by atoms with Gasteiger partial charge in [0, 0.05) is 13.1 Å².